The molecule has 2 aliphatic heterocycles. The third kappa shape index (κ3) is 2.88. The lowest BCUT2D eigenvalue weighted by Gasteiger charge is -2.37. The van der Waals surface area contributed by atoms with Crippen LogP contribution in [0.1, 0.15) is 42.8 Å². The first kappa shape index (κ1) is 17.4. The van der Waals surface area contributed by atoms with E-state index in [2.05, 4.69) is 20.4 Å². The zero-order valence-corrected chi connectivity index (χ0v) is 16.0. The Morgan fingerprint density at radius 3 is 2.35 bits per heavy atom. The number of hydrogen-bond acceptors (Lipinski definition) is 6. The molecule has 0 radical (unpaired) electrons. The van der Waals surface area contributed by atoms with Crippen molar-refractivity contribution in [3.05, 3.63) is 29.2 Å². The van der Waals surface area contributed by atoms with Crippen molar-refractivity contribution < 1.29 is 13.2 Å². The fourth-order valence-corrected chi connectivity index (χ4v) is 6.45. The van der Waals surface area contributed by atoms with Crippen LogP contribution in [-0.2, 0) is 10.0 Å². The van der Waals surface area contributed by atoms with Crippen LogP contribution < -0.4 is 4.74 Å². The molecule has 0 spiro atoms. The number of aryl methyl sites for hydroxylation is 3. The Kier molecular flexibility index (Phi) is 4.23. The maximum atomic E-state index is 13.3. The SMILES string of the molecule is Cc1ccc(OC2CC3CCC(C2)N3S(=O)(=O)c2c(C)n[nH]c2C)nn1. The molecule has 0 saturated carbocycles. The van der Waals surface area contributed by atoms with Crippen LogP contribution in [0, 0.1) is 20.8 Å². The van der Waals surface area contributed by atoms with Crippen molar-refractivity contribution in [3.63, 3.8) is 0 Å². The second kappa shape index (κ2) is 6.31. The summed E-state index contributed by atoms with van der Waals surface area (Å²) in [4.78, 5) is 0.318. The van der Waals surface area contributed by atoms with Crippen LogP contribution >= 0.6 is 0 Å². The number of fused-ring (bicyclic) bond motifs is 2. The van der Waals surface area contributed by atoms with Crippen LogP contribution in [0.25, 0.3) is 0 Å². The van der Waals surface area contributed by atoms with Crippen molar-refractivity contribution in [2.45, 2.75) is 69.5 Å². The normalized spacial score (nSPS) is 26.2. The van der Waals surface area contributed by atoms with Crippen molar-refractivity contribution in [2.75, 3.05) is 0 Å². The fourth-order valence-electron chi connectivity index (χ4n) is 4.22. The Labute approximate surface area is 153 Å². The van der Waals surface area contributed by atoms with Crippen LogP contribution in [0.4, 0.5) is 0 Å². The molecule has 1 N–H and O–H groups in total. The number of H-pyrrole nitrogens is 1. The smallest absolute Gasteiger partial charge is 0.247 e. The average Bonchev–Trinajstić information content (AvgIpc) is 3.07. The number of rotatable bonds is 4. The molecule has 4 rings (SSSR count). The molecular weight excluding hydrogens is 354 g/mol. The van der Waals surface area contributed by atoms with Gasteiger partial charge < -0.3 is 4.74 Å². The number of sulfonamides is 1. The van der Waals surface area contributed by atoms with E-state index in [1.807, 2.05) is 19.1 Å². The number of ether oxygens (including phenoxy) is 1. The summed E-state index contributed by atoms with van der Waals surface area (Å²) in [5.74, 6) is 0.498. The van der Waals surface area contributed by atoms with E-state index in [1.54, 1.807) is 18.2 Å². The Hall–Kier alpha value is -2.00. The molecule has 4 heterocycles. The van der Waals surface area contributed by atoms with E-state index in [9.17, 15) is 8.42 Å². The molecule has 9 heteroatoms. The predicted molar refractivity (Wildman–Crippen MR) is 94.3 cm³/mol. The van der Waals surface area contributed by atoms with Gasteiger partial charge in [-0.05, 0) is 39.7 Å². The quantitative estimate of drug-likeness (QED) is 0.873. The van der Waals surface area contributed by atoms with E-state index in [-0.39, 0.29) is 18.2 Å². The van der Waals surface area contributed by atoms with Crippen molar-refractivity contribution in [1.29, 1.82) is 0 Å². The lowest BCUT2D eigenvalue weighted by atomic mass is 10.0. The number of nitrogens with one attached hydrogen (secondary N) is 1. The highest BCUT2D eigenvalue weighted by Crippen LogP contribution is 2.41. The van der Waals surface area contributed by atoms with Gasteiger partial charge in [-0.1, -0.05) is 0 Å². The summed E-state index contributed by atoms with van der Waals surface area (Å²) in [5, 5.41) is 14.9. The minimum atomic E-state index is -3.56. The first-order valence-electron chi connectivity index (χ1n) is 8.88. The van der Waals surface area contributed by atoms with Crippen molar-refractivity contribution in [3.8, 4) is 5.88 Å². The van der Waals surface area contributed by atoms with Gasteiger partial charge in [-0.25, -0.2) is 8.42 Å². The molecule has 0 aliphatic carbocycles. The summed E-state index contributed by atoms with van der Waals surface area (Å²) in [6, 6.07) is 3.58. The predicted octanol–water partition coefficient (Wildman–Crippen LogP) is 1.89. The summed E-state index contributed by atoms with van der Waals surface area (Å²) >= 11 is 0. The van der Waals surface area contributed by atoms with Gasteiger partial charge in [-0.3, -0.25) is 5.10 Å². The van der Waals surface area contributed by atoms with Crippen LogP contribution in [0.3, 0.4) is 0 Å². The third-order valence-corrected chi connectivity index (χ3v) is 7.55. The Balaban J connectivity index is 1.55. The molecule has 0 amide bonds. The molecule has 0 aromatic carbocycles. The Morgan fingerprint density at radius 1 is 1.12 bits per heavy atom. The Morgan fingerprint density at radius 2 is 1.81 bits per heavy atom. The fraction of sp³-hybridized carbons (Fsp3) is 0.588. The third-order valence-electron chi connectivity index (χ3n) is 5.28. The van der Waals surface area contributed by atoms with Crippen molar-refractivity contribution in [2.24, 2.45) is 0 Å². The molecule has 2 aromatic rings. The van der Waals surface area contributed by atoms with Gasteiger partial charge in [0, 0.05) is 31.0 Å². The van der Waals surface area contributed by atoms with E-state index in [1.165, 1.54) is 0 Å². The van der Waals surface area contributed by atoms with E-state index in [0.29, 0.717) is 35.0 Å². The molecule has 2 unspecified atom stereocenters. The molecule has 140 valence electrons. The monoisotopic (exact) mass is 377 g/mol. The zero-order chi connectivity index (χ0) is 18.5. The lowest BCUT2D eigenvalue weighted by molar-refractivity contribution is 0.0908. The topological polar surface area (TPSA) is 101 Å². The number of piperidine rings is 1. The molecule has 2 saturated heterocycles. The van der Waals surface area contributed by atoms with Gasteiger partial charge in [0.25, 0.3) is 0 Å². The summed E-state index contributed by atoms with van der Waals surface area (Å²) in [6.07, 6.45) is 3.02. The molecule has 2 aromatic heterocycles. The molecular formula is C17H23N5O3S. The average molecular weight is 377 g/mol. The van der Waals surface area contributed by atoms with Gasteiger partial charge in [0.2, 0.25) is 15.9 Å². The van der Waals surface area contributed by atoms with Crippen LogP contribution in [0.5, 0.6) is 5.88 Å². The second-order valence-electron chi connectivity index (χ2n) is 7.21. The van der Waals surface area contributed by atoms with E-state index in [4.69, 9.17) is 4.74 Å². The highest BCUT2D eigenvalue weighted by atomic mass is 32.2. The van der Waals surface area contributed by atoms with Crippen molar-refractivity contribution in [1.82, 2.24) is 24.7 Å². The van der Waals surface area contributed by atoms with Crippen LogP contribution in [0.2, 0.25) is 0 Å². The minimum absolute atomic E-state index is 0.0394. The molecule has 2 fully saturated rings. The van der Waals surface area contributed by atoms with Gasteiger partial charge in [0.15, 0.2) is 0 Å². The molecule has 2 bridgehead atoms. The summed E-state index contributed by atoms with van der Waals surface area (Å²) in [7, 11) is -3.56. The first-order valence-corrected chi connectivity index (χ1v) is 10.3. The zero-order valence-electron chi connectivity index (χ0n) is 15.1. The molecule has 8 nitrogen and oxygen atoms in total. The maximum absolute atomic E-state index is 13.3. The molecule has 2 atom stereocenters. The summed E-state index contributed by atoms with van der Waals surface area (Å²) in [5.41, 5.74) is 1.95. The number of aromatic nitrogens is 4. The van der Waals surface area contributed by atoms with Gasteiger partial charge in [-0.15, -0.1) is 5.10 Å². The van der Waals surface area contributed by atoms with Gasteiger partial charge >= 0.3 is 0 Å². The largest absolute Gasteiger partial charge is 0.473 e. The number of aromatic amines is 1. The van der Waals surface area contributed by atoms with Crippen LogP contribution in [0.15, 0.2) is 17.0 Å². The number of hydrogen-bond donors (Lipinski definition) is 1. The highest BCUT2D eigenvalue weighted by molar-refractivity contribution is 7.89. The van der Waals surface area contributed by atoms with E-state index < -0.39 is 10.0 Å². The standard InChI is InChI=1S/C17H23N5O3S/c1-10-4-7-16(21-18-10)25-15-8-13-5-6-14(9-15)22(13)26(23,24)17-11(2)19-20-12(17)3/h4,7,13-15H,5-6,8-9H2,1-3H3,(H,19,20). The van der Waals surface area contributed by atoms with Gasteiger partial charge in [0.05, 0.1) is 17.1 Å². The summed E-state index contributed by atoms with van der Waals surface area (Å²) < 4.78 is 34.2. The summed E-state index contributed by atoms with van der Waals surface area (Å²) in [6.45, 7) is 5.35. The van der Waals surface area contributed by atoms with Crippen molar-refractivity contribution >= 4 is 10.0 Å². The maximum Gasteiger partial charge on any atom is 0.247 e. The molecule has 2 aliphatic rings. The Bertz CT molecular complexity index is 875. The van der Waals surface area contributed by atoms with Gasteiger partial charge in [0.1, 0.15) is 11.0 Å². The second-order valence-corrected chi connectivity index (χ2v) is 8.99. The van der Waals surface area contributed by atoms with E-state index in [0.717, 1.165) is 18.5 Å². The van der Waals surface area contributed by atoms with Crippen LogP contribution in [-0.4, -0.2) is 51.3 Å². The van der Waals surface area contributed by atoms with Gasteiger partial charge in [-0.2, -0.15) is 14.5 Å². The first-order chi connectivity index (χ1) is 12.4. The molecule has 26 heavy (non-hydrogen) atoms. The minimum Gasteiger partial charge on any atom is -0.473 e. The lowest BCUT2D eigenvalue weighted by Crippen LogP contribution is -2.49. The number of nitrogens with zero attached hydrogens (tertiary/aromatic N) is 4. The highest BCUT2D eigenvalue weighted by Gasteiger charge is 2.49. The van der Waals surface area contributed by atoms with E-state index >= 15 is 0 Å².